The molecule has 0 saturated carbocycles. The van der Waals surface area contributed by atoms with Crippen molar-refractivity contribution in [3.63, 3.8) is 0 Å². The molecular formula is C11H9F2N3O2. The highest BCUT2D eigenvalue weighted by molar-refractivity contribution is 5.39. The lowest BCUT2D eigenvalue weighted by atomic mass is 10.1. The van der Waals surface area contributed by atoms with Crippen LogP contribution >= 0.6 is 0 Å². The molecule has 0 unspecified atom stereocenters. The normalized spacial score (nSPS) is 26.3. The average Bonchev–Trinajstić information content (AvgIpc) is 2.80. The van der Waals surface area contributed by atoms with E-state index in [0.29, 0.717) is 0 Å². The number of ether oxygens (including phenoxy) is 1. The maximum absolute atomic E-state index is 13.9. The van der Waals surface area contributed by atoms with Crippen LogP contribution in [-0.4, -0.2) is 26.0 Å². The summed E-state index contributed by atoms with van der Waals surface area (Å²) in [7, 11) is 0. The van der Waals surface area contributed by atoms with Crippen molar-refractivity contribution in [2.75, 3.05) is 0 Å². The van der Waals surface area contributed by atoms with Crippen molar-refractivity contribution in [1.29, 1.82) is 0 Å². The van der Waals surface area contributed by atoms with Gasteiger partial charge in [0, 0.05) is 6.07 Å². The van der Waals surface area contributed by atoms with E-state index < -0.39 is 23.5 Å². The van der Waals surface area contributed by atoms with Gasteiger partial charge in [-0.05, 0) is 13.0 Å². The Bertz CT molecular complexity index is 603. The van der Waals surface area contributed by atoms with E-state index in [1.54, 1.807) is 6.92 Å². The van der Waals surface area contributed by atoms with Gasteiger partial charge in [0.1, 0.15) is 36.1 Å². The molecule has 18 heavy (non-hydrogen) atoms. The molecular weight excluding hydrogens is 244 g/mol. The van der Waals surface area contributed by atoms with Crippen molar-refractivity contribution in [2.45, 2.75) is 18.8 Å². The molecule has 5 nitrogen and oxygen atoms in total. The number of hydrogen-bond acceptors (Lipinski definition) is 4. The Morgan fingerprint density at radius 3 is 2.67 bits per heavy atom. The van der Waals surface area contributed by atoms with Gasteiger partial charge >= 0.3 is 0 Å². The van der Waals surface area contributed by atoms with Crippen LogP contribution in [0.5, 0.6) is 0 Å². The smallest absolute Gasteiger partial charge is 0.222 e. The summed E-state index contributed by atoms with van der Waals surface area (Å²) in [6.45, 7) is 1.57. The Hall–Kier alpha value is -1.86. The van der Waals surface area contributed by atoms with Gasteiger partial charge in [-0.2, -0.15) is 5.10 Å². The second kappa shape index (κ2) is 3.56. The Labute approximate surface area is 101 Å². The number of benzene rings is 1. The second-order valence-corrected chi connectivity index (χ2v) is 4.08. The van der Waals surface area contributed by atoms with Crippen LogP contribution in [0.4, 0.5) is 8.78 Å². The Morgan fingerprint density at radius 1 is 1.39 bits per heavy atom. The van der Waals surface area contributed by atoms with E-state index in [1.807, 2.05) is 0 Å². The van der Waals surface area contributed by atoms with Crippen LogP contribution in [0.25, 0.3) is 5.69 Å². The van der Waals surface area contributed by atoms with Gasteiger partial charge in [0.2, 0.25) is 5.79 Å². The first-order chi connectivity index (χ1) is 8.52. The van der Waals surface area contributed by atoms with Gasteiger partial charge in [0.25, 0.3) is 0 Å². The van der Waals surface area contributed by atoms with Crippen LogP contribution in [0.2, 0.25) is 0 Å². The number of aliphatic hydroxyl groups is 1. The summed E-state index contributed by atoms with van der Waals surface area (Å²) in [6.07, 6.45) is 1.91. The fraction of sp³-hybridized carbons (Fsp3) is 0.273. The Kier molecular flexibility index (Phi) is 2.23. The molecule has 0 bridgehead atoms. The number of epoxide rings is 1. The molecule has 0 aliphatic carbocycles. The summed E-state index contributed by atoms with van der Waals surface area (Å²) >= 11 is 0. The SMILES string of the molecule is C[C@@H]1O[C@]1(O)c1cc(F)c(-n2cncn2)cc1F. The van der Waals surface area contributed by atoms with Crippen molar-refractivity contribution in [2.24, 2.45) is 0 Å². The average molecular weight is 253 g/mol. The van der Waals surface area contributed by atoms with E-state index in [2.05, 4.69) is 10.1 Å². The molecule has 1 fully saturated rings. The highest BCUT2D eigenvalue weighted by Crippen LogP contribution is 2.44. The lowest BCUT2D eigenvalue weighted by molar-refractivity contribution is 0.0297. The third-order valence-electron chi connectivity index (χ3n) is 2.94. The standard InChI is InChI=1S/C11H9F2N3O2/c1-6-11(17,18-6)7-2-9(13)10(3-8(7)12)16-5-14-4-15-16/h2-6,17H,1H3/t6-,11-/m0/s1. The maximum atomic E-state index is 13.9. The third kappa shape index (κ3) is 1.52. The van der Waals surface area contributed by atoms with Crippen LogP contribution in [0.15, 0.2) is 24.8 Å². The summed E-state index contributed by atoms with van der Waals surface area (Å²) < 4.78 is 33.7. The molecule has 1 aromatic carbocycles. The van der Waals surface area contributed by atoms with Crippen molar-refractivity contribution in [3.8, 4) is 5.69 Å². The van der Waals surface area contributed by atoms with Gasteiger partial charge in [-0.3, -0.25) is 0 Å². The minimum Gasteiger partial charge on any atom is -0.360 e. The van der Waals surface area contributed by atoms with Crippen LogP contribution in [0.3, 0.4) is 0 Å². The van der Waals surface area contributed by atoms with E-state index in [-0.39, 0.29) is 11.3 Å². The topological polar surface area (TPSA) is 63.5 Å². The fourth-order valence-corrected chi connectivity index (χ4v) is 1.84. The molecule has 2 aromatic rings. The predicted molar refractivity (Wildman–Crippen MR) is 55.7 cm³/mol. The molecule has 2 heterocycles. The lowest BCUT2D eigenvalue weighted by Crippen LogP contribution is -2.14. The molecule has 7 heteroatoms. The fourth-order valence-electron chi connectivity index (χ4n) is 1.84. The number of rotatable bonds is 2. The van der Waals surface area contributed by atoms with Crippen LogP contribution in [0, 0.1) is 11.6 Å². The number of nitrogens with zero attached hydrogens (tertiary/aromatic N) is 3. The minimum absolute atomic E-state index is 0.0781. The quantitative estimate of drug-likeness (QED) is 0.814. The number of hydrogen-bond donors (Lipinski definition) is 1. The van der Waals surface area contributed by atoms with Gasteiger partial charge in [-0.1, -0.05) is 0 Å². The monoisotopic (exact) mass is 253 g/mol. The number of aromatic nitrogens is 3. The molecule has 3 rings (SSSR count). The molecule has 0 radical (unpaired) electrons. The number of halogens is 2. The van der Waals surface area contributed by atoms with Gasteiger partial charge in [-0.15, -0.1) is 0 Å². The van der Waals surface area contributed by atoms with E-state index in [9.17, 15) is 13.9 Å². The first-order valence-electron chi connectivity index (χ1n) is 5.27. The van der Waals surface area contributed by atoms with Gasteiger partial charge in [0.15, 0.2) is 0 Å². The largest absolute Gasteiger partial charge is 0.360 e. The van der Waals surface area contributed by atoms with Crippen molar-refractivity contribution < 1.29 is 18.6 Å². The summed E-state index contributed by atoms with van der Waals surface area (Å²) in [4.78, 5) is 3.65. The van der Waals surface area contributed by atoms with E-state index in [1.165, 1.54) is 12.7 Å². The highest BCUT2D eigenvalue weighted by atomic mass is 19.1. The van der Waals surface area contributed by atoms with E-state index >= 15 is 0 Å². The molecule has 2 atom stereocenters. The van der Waals surface area contributed by atoms with Gasteiger partial charge in [0.05, 0.1) is 5.56 Å². The first-order valence-corrected chi connectivity index (χ1v) is 5.27. The summed E-state index contributed by atoms with van der Waals surface area (Å²) in [5.74, 6) is -3.20. The minimum atomic E-state index is -1.73. The van der Waals surface area contributed by atoms with Crippen molar-refractivity contribution in [3.05, 3.63) is 42.0 Å². The highest BCUT2D eigenvalue weighted by Gasteiger charge is 2.55. The van der Waals surface area contributed by atoms with Crippen LogP contribution in [0.1, 0.15) is 12.5 Å². The molecule has 1 N–H and O–H groups in total. The van der Waals surface area contributed by atoms with Crippen LogP contribution < -0.4 is 0 Å². The third-order valence-corrected chi connectivity index (χ3v) is 2.94. The maximum Gasteiger partial charge on any atom is 0.222 e. The Balaban J connectivity index is 2.10. The predicted octanol–water partition coefficient (Wildman–Crippen LogP) is 1.11. The van der Waals surface area contributed by atoms with Crippen LogP contribution in [-0.2, 0) is 10.5 Å². The summed E-state index contributed by atoms with van der Waals surface area (Å²) in [6, 6.07) is 1.86. The zero-order valence-electron chi connectivity index (χ0n) is 9.34. The molecule has 1 saturated heterocycles. The van der Waals surface area contributed by atoms with Gasteiger partial charge < -0.3 is 9.84 Å². The molecule has 1 aliphatic rings. The first kappa shape index (κ1) is 11.2. The molecule has 1 aromatic heterocycles. The zero-order chi connectivity index (χ0) is 12.9. The lowest BCUT2D eigenvalue weighted by Gasteiger charge is -2.10. The second-order valence-electron chi connectivity index (χ2n) is 4.08. The van der Waals surface area contributed by atoms with E-state index in [4.69, 9.17) is 4.74 Å². The Morgan fingerprint density at radius 2 is 2.11 bits per heavy atom. The molecule has 0 amide bonds. The summed E-state index contributed by atoms with van der Waals surface area (Å²) in [5, 5.41) is 13.5. The summed E-state index contributed by atoms with van der Waals surface area (Å²) in [5.41, 5.74) is -0.290. The van der Waals surface area contributed by atoms with Crippen molar-refractivity contribution >= 4 is 0 Å². The molecule has 1 aliphatic heterocycles. The van der Waals surface area contributed by atoms with E-state index in [0.717, 1.165) is 16.8 Å². The molecule has 94 valence electrons. The zero-order valence-corrected chi connectivity index (χ0v) is 9.34. The molecule has 0 spiro atoms. The van der Waals surface area contributed by atoms with Crippen molar-refractivity contribution in [1.82, 2.24) is 14.8 Å². The van der Waals surface area contributed by atoms with Gasteiger partial charge in [-0.25, -0.2) is 18.4 Å².